The molecule has 1 aromatic carbocycles. The maximum Gasteiger partial charge on any atom is 0.326 e. The fourth-order valence-corrected chi connectivity index (χ4v) is 4.34. The highest BCUT2D eigenvalue weighted by Crippen LogP contribution is 2.19. The van der Waals surface area contributed by atoms with Crippen LogP contribution in [0.2, 0.25) is 0 Å². The number of amides is 4. The van der Waals surface area contributed by atoms with Gasteiger partial charge in [-0.05, 0) is 36.8 Å². The molecule has 2 rings (SSSR count). The van der Waals surface area contributed by atoms with Gasteiger partial charge in [-0.2, -0.15) is 0 Å². The van der Waals surface area contributed by atoms with Crippen LogP contribution in [0.5, 0.6) is 0 Å². The van der Waals surface area contributed by atoms with Crippen molar-refractivity contribution in [3.63, 3.8) is 0 Å². The Kier molecular flexibility index (Phi) is 12.7. The lowest BCUT2D eigenvalue weighted by atomic mass is 10.0. The van der Waals surface area contributed by atoms with Crippen molar-refractivity contribution in [2.75, 3.05) is 6.54 Å². The molecule has 42 heavy (non-hydrogen) atoms. The van der Waals surface area contributed by atoms with Crippen molar-refractivity contribution >= 4 is 46.5 Å². The number of carbonyl (C=O) groups is 5. The molecule has 0 aliphatic heterocycles. The average Bonchev–Trinajstić information content (AvgIpc) is 3.31. The lowest BCUT2D eigenvalue weighted by molar-refractivity contribution is -0.143. The van der Waals surface area contributed by atoms with E-state index >= 15 is 0 Å². The van der Waals surface area contributed by atoms with E-state index < -0.39 is 60.2 Å². The van der Waals surface area contributed by atoms with Crippen LogP contribution in [0, 0.1) is 5.92 Å². The number of para-hydroxylation sites is 1. The van der Waals surface area contributed by atoms with Crippen molar-refractivity contribution in [1.29, 1.82) is 0 Å². The van der Waals surface area contributed by atoms with E-state index in [1.807, 2.05) is 38.1 Å². The Morgan fingerprint density at radius 3 is 2.17 bits per heavy atom. The van der Waals surface area contributed by atoms with Gasteiger partial charge in [0.15, 0.2) is 5.96 Å². The molecule has 0 fully saturated rings. The van der Waals surface area contributed by atoms with Crippen molar-refractivity contribution in [3.05, 3.63) is 36.0 Å². The van der Waals surface area contributed by atoms with Gasteiger partial charge in [0.25, 0.3) is 0 Å². The zero-order chi connectivity index (χ0) is 31.4. The number of nitrogens with one attached hydrogen (secondary N) is 4. The molecule has 15 heteroatoms. The number of nitrogens with zero attached hydrogens (tertiary/aromatic N) is 1. The Morgan fingerprint density at radius 1 is 0.929 bits per heavy atom. The Morgan fingerprint density at radius 2 is 1.55 bits per heavy atom. The van der Waals surface area contributed by atoms with Gasteiger partial charge in [-0.15, -0.1) is 0 Å². The molecule has 2 aromatic rings. The Balaban J connectivity index is 2.34. The summed E-state index contributed by atoms with van der Waals surface area (Å²) in [5.74, 6) is -4.50. The molecule has 15 nitrogen and oxygen atoms in total. The second-order valence-corrected chi connectivity index (χ2v) is 10.4. The molecule has 4 atom stereocenters. The predicted octanol–water partition coefficient (Wildman–Crippen LogP) is -1.45. The topological polar surface area (TPSA) is 274 Å². The molecule has 0 aliphatic rings. The number of H-pyrrole nitrogens is 1. The first-order chi connectivity index (χ1) is 19.8. The van der Waals surface area contributed by atoms with Crippen molar-refractivity contribution in [1.82, 2.24) is 20.9 Å². The van der Waals surface area contributed by atoms with Crippen molar-refractivity contribution in [3.8, 4) is 0 Å². The SMILES string of the molecule is CC(C)CC(N)C(=O)NC(CCCN=C(N)N)C(=O)NC(Cc1c[nH]c2ccccc12)C(=O)NC(CC(N)=O)C(=O)O. The molecule has 4 unspecified atom stereocenters. The van der Waals surface area contributed by atoms with E-state index in [1.54, 1.807) is 6.20 Å². The van der Waals surface area contributed by atoms with Crippen LogP contribution in [-0.4, -0.2) is 76.4 Å². The second-order valence-electron chi connectivity index (χ2n) is 10.4. The van der Waals surface area contributed by atoms with E-state index in [-0.39, 0.29) is 31.3 Å². The molecule has 4 amide bonds. The fourth-order valence-electron chi connectivity index (χ4n) is 4.34. The molecule has 0 bridgehead atoms. The average molecular weight is 588 g/mol. The summed E-state index contributed by atoms with van der Waals surface area (Å²) in [6.07, 6.45) is 1.81. The van der Waals surface area contributed by atoms with Gasteiger partial charge >= 0.3 is 5.97 Å². The number of guanidine groups is 1. The van der Waals surface area contributed by atoms with Crippen molar-refractivity contribution in [2.45, 2.75) is 70.1 Å². The summed E-state index contributed by atoms with van der Waals surface area (Å²) in [6.45, 7) is 4.00. The van der Waals surface area contributed by atoms with E-state index in [1.165, 1.54) is 0 Å². The summed E-state index contributed by atoms with van der Waals surface area (Å²) in [5.41, 5.74) is 23.4. The summed E-state index contributed by atoms with van der Waals surface area (Å²) < 4.78 is 0. The number of nitrogens with two attached hydrogens (primary N) is 4. The van der Waals surface area contributed by atoms with Crippen LogP contribution in [0.4, 0.5) is 0 Å². The maximum atomic E-state index is 13.5. The number of aliphatic imine (C=N–C) groups is 1. The number of hydrogen-bond acceptors (Lipinski definition) is 7. The van der Waals surface area contributed by atoms with Crippen LogP contribution in [-0.2, 0) is 30.4 Å². The van der Waals surface area contributed by atoms with Crippen LogP contribution >= 0.6 is 0 Å². The van der Waals surface area contributed by atoms with Crippen LogP contribution in [0.15, 0.2) is 35.5 Å². The Bertz CT molecular complexity index is 1290. The van der Waals surface area contributed by atoms with Crippen LogP contribution in [0.25, 0.3) is 10.9 Å². The largest absolute Gasteiger partial charge is 0.480 e. The van der Waals surface area contributed by atoms with Gasteiger partial charge in [0, 0.05) is 30.1 Å². The van der Waals surface area contributed by atoms with E-state index in [0.717, 1.165) is 10.9 Å². The van der Waals surface area contributed by atoms with E-state index in [9.17, 15) is 29.1 Å². The predicted molar refractivity (Wildman–Crippen MR) is 157 cm³/mol. The van der Waals surface area contributed by atoms with E-state index in [0.29, 0.717) is 18.4 Å². The first-order valence-electron chi connectivity index (χ1n) is 13.6. The molecule has 0 saturated heterocycles. The van der Waals surface area contributed by atoms with Crippen LogP contribution < -0.4 is 38.9 Å². The van der Waals surface area contributed by atoms with Crippen molar-refractivity contribution in [2.24, 2.45) is 33.8 Å². The molecule has 230 valence electrons. The number of carbonyl (C=O) groups excluding carboxylic acids is 4. The first kappa shape index (κ1) is 33.5. The number of aliphatic carboxylic acids is 1. The third-order valence-electron chi connectivity index (χ3n) is 6.39. The highest BCUT2D eigenvalue weighted by atomic mass is 16.4. The molecule has 0 saturated carbocycles. The third-order valence-corrected chi connectivity index (χ3v) is 6.39. The fraction of sp³-hybridized carbons (Fsp3) is 0.481. The molecule has 0 radical (unpaired) electrons. The van der Waals surface area contributed by atoms with Gasteiger partial charge in [0.2, 0.25) is 23.6 Å². The molecule has 0 spiro atoms. The number of aromatic amines is 1. The second kappa shape index (κ2) is 16.0. The van der Waals surface area contributed by atoms with E-state index in [4.69, 9.17) is 22.9 Å². The maximum absolute atomic E-state index is 13.5. The number of aromatic nitrogens is 1. The molecule has 13 N–H and O–H groups in total. The number of carboxylic acids is 1. The quantitative estimate of drug-likeness (QED) is 0.0594. The number of benzene rings is 1. The van der Waals surface area contributed by atoms with Gasteiger partial charge < -0.3 is 49.0 Å². The van der Waals surface area contributed by atoms with Gasteiger partial charge in [-0.3, -0.25) is 24.2 Å². The summed E-state index contributed by atoms with van der Waals surface area (Å²) in [5, 5.41) is 17.8. The van der Waals surface area contributed by atoms with Gasteiger partial charge in [0.05, 0.1) is 12.5 Å². The number of primary amides is 1. The molecule has 1 heterocycles. The number of rotatable bonds is 17. The number of carboxylic acid groups (broad SMARTS) is 1. The summed E-state index contributed by atoms with van der Waals surface area (Å²) >= 11 is 0. The van der Waals surface area contributed by atoms with E-state index in [2.05, 4.69) is 25.9 Å². The molecular formula is C27H41N9O6. The number of fused-ring (bicyclic) bond motifs is 1. The highest BCUT2D eigenvalue weighted by Gasteiger charge is 2.31. The minimum Gasteiger partial charge on any atom is -0.480 e. The van der Waals surface area contributed by atoms with Crippen LogP contribution in [0.1, 0.15) is 45.1 Å². The monoisotopic (exact) mass is 587 g/mol. The lowest BCUT2D eigenvalue weighted by Crippen LogP contribution is -2.58. The van der Waals surface area contributed by atoms with Crippen molar-refractivity contribution < 1.29 is 29.1 Å². The zero-order valence-corrected chi connectivity index (χ0v) is 23.8. The number of hydrogen-bond donors (Lipinski definition) is 9. The standard InChI is InChI=1S/C27H41N9O6/c1-14(2)10-17(28)23(38)34-19(8-5-9-32-27(30)31)24(39)35-20(25(40)36-21(26(41)42)12-22(29)37)11-15-13-33-18-7-4-3-6-16(15)18/h3-4,6-7,13-14,17,19-21,33H,5,8-12,28H2,1-2H3,(H2,29,37)(H,34,38)(H,35,39)(H,36,40)(H,41,42)(H4,30,31,32). The summed E-state index contributed by atoms with van der Waals surface area (Å²) in [6, 6.07) is 2.43. The first-order valence-corrected chi connectivity index (χ1v) is 13.6. The zero-order valence-electron chi connectivity index (χ0n) is 23.8. The minimum atomic E-state index is -1.61. The van der Waals surface area contributed by atoms with Gasteiger partial charge in [0.1, 0.15) is 18.1 Å². The highest BCUT2D eigenvalue weighted by molar-refractivity contribution is 5.95. The van der Waals surface area contributed by atoms with Gasteiger partial charge in [-0.25, -0.2) is 4.79 Å². The smallest absolute Gasteiger partial charge is 0.326 e. The normalized spacial score (nSPS) is 13.9. The Labute approximate surface area is 243 Å². The lowest BCUT2D eigenvalue weighted by Gasteiger charge is -2.25. The molecule has 0 aliphatic carbocycles. The van der Waals surface area contributed by atoms with Crippen LogP contribution in [0.3, 0.4) is 0 Å². The summed E-state index contributed by atoms with van der Waals surface area (Å²) in [4.78, 5) is 69.7. The Hall–Kier alpha value is -4.66. The summed E-state index contributed by atoms with van der Waals surface area (Å²) in [7, 11) is 0. The molecule has 1 aromatic heterocycles. The third kappa shape index (κ3) is 10.7. The van der Waals surface area contributed by atoms with Gasteiger partial charge in [-0.1, -0.05) is 32.0 Å². The minimum absolute atomic E-state index is 0.0357. The molecular weight excluding hydrogens is 546 g/mol.